The molecular formula is C20H30N2O5. The van der Waals surface area contributed by atoms with Crippen molar-refractivity contribution in [3.63, 3.8) is 0 Å². The number of nitrogens with one attached hydrogen (secondary N) is 1. The molecule has 3 rings (SSSR count). The van der Waals surface area contributed by atoms with Crippen LogP contribution in [-0.2, 0) is 16.1 Å². The summed E-state index contributed by atoms with van der Waals surface area (Å²) in [6.45, 7) is 2.75. The van der Waals surface area contributed by atoms with Crippen LogP contribution in [0.3, 0.4) is 0 Å². The van der Waals surface area contributed by atoms with E-state index in [0.717, 1.165) is 38.0 Å². The summed E-state index contributed by atoms with van der Waals surface area (Å²) in [5.74, 6) is 1.04. The van der Waals surface area contributed by atoms with Crippen molar-refractivity contribution in [3.05, 3.63) is 23.8 Å². The van der Waals surface area contributed by atoms with Crippen molar-refractivity contribution >= 4 is 5.91 Å². The second kappa shape index (κ2) is 8.91. The molecule has 2 fully saturated rings. The zero-order valence-corrected chi connectivity index (χ0v) is 16.2. The van der Waals surface area contributed by atoms with Crippen LogP contribution in [0.25, 0.3) is 0 Å². The first-order valence-corrected chi connectivity index (χ1v) is 9.60. The molecule has 2 saturated heterocycles. The Morgan fingerprint density at radius 3 is 2.78 bits per heavy atom. The van der Waals surface area contributed by atoms with Gasteiger partial charge in [0, 0.05) is 44.5 Å². The normalized spacial score (nSPS) is 24.1. The van der Waals surface area contributed by atoms with Crippen molar-refractivity contribution in [1.29, 1.82) is 0 Å². The largest absolute Gasteiger partial charge is 0.493 e. The van der Waals surface area contributed by atoms with Crippen molar-refractivity contribution in [1.82, 2.24) is 10.2 Å². The first-order chi connectivity index (χ1) is 13.1. The molecule has 2 heterocycles. The van der Waals surface area contributed by atoms with E-state index in [1.165, 1.54) is 0 Å². The number of para-hydroxylation sites is 1. The highest BCUT2D eigenvalue weighted by Crippen LogP contribution is 2.33. The molecule has 2 aliphatic rings. The Morgan fingerprint density at radius 2 is 2.07 bits per heavy atom. The monoisotopic (exact) mass is 378 g/mol. The van der Waals surface area contributed by atoms with Gasteiger partial charge >= 0.3 is 0 Å². The third-order valence-electron chi connectivity index (χ3n) is 5.45. The van der Waals surface area contributed by atoms with E-state index in [-0.39, 0.29) is 12.5 Å². The fraction of sp³-hybridized carbons (Fsp3) is 0.650. The minimum atomic E-state index is -1.36. The molecule has 0 bridgehead atoms. The number of likely N-dealkylation sites (tertiary alicyclic amines) is 1. The maximum atomic E-state index is 13.0. The van der Waals surface area contributed by atoms with Gasteiger partial charge in [0.15, 0.2) is 17.1 Å². The summed E-state index contributed by atoms with van der Waals surface area (Å²) in [4.78, 5) is 14.7. The molecule has 1 amide bonds. The van der Waals surface area contributed by atoms with Crippen LogP contribution < -0.4 is 14.8 Å². The van der Waals surface area contributed by atoms with Gasteiger partial charge in [-0.3, -0.25) is 4.79 Å². The van der Waals surface area contributed by atoms with E-state index in [4.69, 9.17) is 14.2 Å². The van der Waals surface area contributed by atoms with Gasteiger partial charge in [-0.2, -0.15) is 0 Å². The van der Waals surface area contributed by atoms with Gasteiger partial charge in [-0.15, -0.1) is 0 Å². The molecule has 1 atom stereocenters. The number of ether oxygens (including phenoxy) is 3. The molecular weight excluding hydrogens is 348 g/mol. The average molecular weight is 378 g/mol. The lowest BCUT2D eigenvalue weighted by Gasteiger charge is -2.39. The Hall–Kier alpha value is -1.83. The summed E-state index contributed by atoms with van der Waals surface area (Å²) >= 11 is 0. The summed E-state index contributed by atoms with van der Waals surface area (Å²) in [6, 6.07) is 5.92. The van der Waals surface area contributed by atoms with E-state index in [1.807, 2.05) is 18.2 Å². The van der Waals surface area contributed by atoms with Gasteiger partial charge in [0.05, 0.1) is 14.2 Å². The molecule has 7 heteroatoms. The number of hydrogen-bond acceptors (Lipinski definition) is 6. The highest BCUT2D eigenvalue weighted by Gasteiger charge is 2.42. The van der Waals surface area contributed by atoms with E-state index in [1.54, 1.807) is 19.1 Å². The van der Waals surface area contributed by atoms with Crippen LogP contribution in [0.4, 0.5) is 0 Å². The van der Waals surface area contributed by atoms with E-state index < -0.39 is 5.60 Å². The summed E-state index contributed by atoms with van der Waals surface area (Å²) < 4.78 is 16.2. The SMILES string of the molecule is COc1cccc(CN2CCC[C@@](O)(CNC3CCOCC3)C2=O)c1OC. The van der Waals surface area contributed by atoms with Gasteiger partial charge in [-0.05, 0) is 31.7 Å². The molecule has 27 heavy (non-hydrogen) atoms. The first kappa shape index (κ1) is 19.9. The number of hydrogen-bond donors (Lipinski definition) is 2. The second-order valence-corrected chi connectivity index (χ2v) is 7.28. The summed E-state index contributed by atoms with van der Waals surface area (Å²) in [5.41, 5.74) is -0.491. The molecule has 0 spiro atoms. The van der Waals surface area contributed by atoms with Crippen molar-refractivity contribution in [2.75, 3.05) is 40.5 Å². The van der Waals surface area contributed by atoms with Gasteiger partial charge in [0.1, 0.15) is 0 Å². The molecule has 7 nitrogen and oxygen atoms in total. The summed E-state index contributed by atoms with van der Waals surface area (Å²) in [7, 11) is 3.18. The standard InChI is InChI=1S/C20H30N2O5/c1-25-17-6-3-5-15(18(17)26-2)13-22-10-4-9-20(24,19(22)23)14-21-16-7-11-27-12-8-16/h3,5-6,16,21,24H,4,7-14H2,1-2H3/t20-/m1/s1. The minimum Gasteiger partial charge on any atom is -0.493 e. The van der Waals surface area contributed by atoms with E-state index >= 15 is 0 Å². The van der Waals surface area contributed by atoms with Crippen molar-refractivity contribution < 1.29 is 24.1 Å². The van der Waals surface area contributed by atoms with Crippen LogP contribution in [0.2, 0.25) is 0 Å². The average Bonchev–Trinajstić information content (AvgIpc) is 2.70. The molecule has 0 aromatic heterocycles. The van der Waals surface area contributed by atoms with Crippen molar-refractivity contribution in [2.24, 2.45) is 0 Å². The van der Waals surface area contributed by atoms with E-state index in [0.29, 0.717) is 37.1 Å². The highest BCUT2D eigenvalue weighted by molar-refractivity contribution is 5.86. The number of methoxy groups -OCH3 is 2. The van der Waals surface area contributed by atoms with E-state index in [9.17, 15) is 9.90 Å². The molecule has 2 aliphatic heterocycles. The van der Waals surface area contributed by atoms with Crippen LogP contribution in [0, 0.1) is 0 Å². The van der Waals surface area contributed by atoms with Gasteiger partial charge in [-0.1, -0.05) is 12.1 Å². The number of carbonyl (C=O) groups excluding carboxylic acids is 1. The van der Waals surface area contributed by atoms with Crippen molar-refractivity contribution in [3.8, 4) is 11.5 Å². The topological polar surface area (TPSA) is 80.3 Å². The number of carbonyl (C=O) groups is 1. The number of amides is 1. The minimum absolute atomic E-state index is 0.224. The van der Waals surface area contributed by atoms with Gasteiger partial charge in [0.25, 0.3) is 5.91 Å². The van der Waals surface area contributed by atoms with Crippen LogP contribution in [0.5, 0.6) is 11.5 Å². The van der Waals surface area contributed by atoms with Gasteiger partial charge in [-0.25, -0.2) is 0 Å². The summed E-state index contributed by atoms with van der Waals surface area (Å²) in [6.07, 6.45) is 3.07. The smallest absolute Gasteiger partial charge is 0.256 e. The lowest BCUT2D eigenvalue weighted by molar-refractivity contribution is -0.157. The van der Waals surface area contributed by atoms with Crippen LogP contribution in [0.1, 0.15) is 31.2 Å². The Bertz CT molecular complexity index is 647. The third kappa shape index (κ3) is 4.54. The van der Waals surface area contributed by atoms with Gasteiger partial charge in [0.2, 0.25) is 0 Å². The number of rotatable bonds is 7. The molecule has 1 aromatic rings. The Kier molecular flexibility index (Phi) is 6.57. The third-order valence-corrected chi connectivity index (χ3v) is 5.45. The number of nitrogens with zero attached hydrogens (tertiary/aromatic N) is 1. The molecule has 0 radical (unpaired) electrons. The molecule has 0 aliphatic carbocycles. The molecule has 0 unspecified atom stereocenters. The predicted octanol–water partition coefficient (Wildman–Crippen LogP) is 1.33. The zero-order chi connectivity index (χ0) is 19.3. The number of benzene rings is 1. The van der Waals surface area contributed by atoms with Crippen molar-refractivity contribution in [2.45, 2.75) is 43.9 Å². The number of piperidine rings is 1. The number of aliphatic hydroxyl groups is 1. The maximum Gasteiger partial charge on any atom is 0.256 e. The van der Waals surface area contributed by atoms with Crippen LogP contribution in [-0.4, -0.2) is 68.1 Å². The summed E-state index contributed by atoms with van der Waals surface area (Å²) in [5, 5.41) is 14.4. The quantitative estimate of drug-likeness (QED) is 0.745. The predicted molar refractivity (Wildman–Crippen MR) is 101 cm³/mol. The Morgan fingerprint density at radius 1 is 1.30 bits per heavy atom. The lowest BCUT2D eigenvalue weighted by Crippen LogP contribution is -2.59. The van der Waals surface area contributed by atoms with E-state index in [2.05, 4.69) is 5.32 Å². The van der Waals surface area contributed by atoms with Gasteiger partial charge < -0.3 is 29.5 Å². The molecule has 2 N–H and O–H groups in total. The highest BCUT2D eigenvalue weighted by atomic mass is 16.5. The molecule has 1 aromatic carbocycles. The van der Waals surface area contributed by atoms with Crippen LogP contribution >= 0.6 is 0 Å². The zero-order valence-electron chi connectivity index (χ0n) is 16.2. The molecule has 150 valence electrons. The Balaban J connectivity index is 1.67. The first-order valence-electron chi connectivity index (χ1n) is 9.60. The van der Waals surface area contributed by atoms with Crippen LogP contribution in [0.15, 0.2) is 18.2 Å². The fourth-order valence-electron chi connectivity index (χ4n) is 3.88. The fourth-order valence-corrected chi connectivity index (χ4v) is 3.88. The molecule has 0 saturated carbocycles. The second-order valence-electron chi connectivity index (χ2n) is 7.28. The lowest BCUT2D eigenvalue weighted by atomic mass is 9.90. The Labute approximate surface area is 160 Å². The maximum absolute atomic E-state index is 13.0.